The molecule has 0 aliphatic rings. The summed E-state index contributed by atoms with van der Waals surface area (Å²) in [6.07, 6.45) is 0. The quantitative estimate of drug-likeness (QED) is 0.778. The van der Waals surface area contributed by atoms with Gasteiger partial charge < -0.3 is 4.74 Å². The number of benzene rings is 1. The highest BCUT2D eigenvalue weighted by atomic mass is 79.9. The molecule has 0 fully saturated rings. The van der Waals surface area contributed by atoms with Gasteiger partial charge in [0.05, 0.1) is 11.9 Å². The molecule has 1 aromatic rings. The summed E-state index contributed by atoms with van der Waals surface area (Å²) in [5, 5.41) is 0. The molecule has 0 radical (unpaired) electrons. The van der Waals surface area contributed by atoms with E-state index in [4.69, 9.17) is 4.74 Å². The molecule has 76 valence electrons. The minimum absolute atomic E-state index is 0.0934. The van der Waals surface area contributed by atoms with Gasteiger partial charge in [0.1, 0.15) is 11.5 Å². The number of methoxy groups -OCH3 is 1. The van der Waals surface area contributed by atoms with Crippen LogP contribution in [0, 0.1) is 6.92 Å². The van der Waals surface area contributed by atoms with Gasteiger partial charge in [-0.05, 0) is 31.0 Å². The summed E-state index contributed by atoms with van der Waals surface area (Å²) in [5.41, 5.74) is 2.00. The number of Topliss-reactive ketones (excluding diaryl/α,β-unsaturated/α-hetero) is 1. The summed E-state index contributed by atoms with van der Waals surface area (Å²) in [6.45, 7) is 3.53. The number of ether oxygens (including phenoxy) is 1. The lowest BCUT2D eigenvalue weighted by Crippen LogP contribution is -2.01. The van der Waals surface area contributed by atoms with Crippen molar-refractivity contribution in [1.82, 2.24) is 0 Å². The van der Waals surface area contributed by atoms with Crippen LogP contribution in [0.2, 0.25) is 0 Å². The van der Waals surface area contributed by atoms with Crippen LogP contribution >= 0.6 is 15.9 Å². The summed E-state index contributed by atoms with van der Waals surface area (Å²) in [6, 6.07) is 5.76. The van der Waals surface area contributed by atoms with Crippen LogP contribution in [0.15, 0.2) is 18.2 Å². The number of hydrogen-bond donors (Lipinski definition) is 0. The minimum Gasteiger partial charge on any atom is -0.496 e. The lowest BCUT2D eigenvalue weighted by Gasteiger charge is -2.10. The first-order chi connectivity index (χ1) is 6.56. The van der Waals surface area contributed by atoms with Crippen molar-refractivity contribution in [2.45, 2.75) is 18.7 Å². The monoisotopic (exact) mass is 256 g/mol. The number of carbonyl (C=O) groups excluding carboxylic acids is 1. The van der Waals surface area contributed by atoms with Crippen molar-refractivity contribution in [1.29, 1.82) is 0 Å². The van der Waals surface area contributed by atoms with Crippen LogP contribution in [0.3, 0.4) is 0 Å². The van der Waals surface area contributed by atoms with Gasteiger partial charge in [-0.3, -0.25) is 4.79 Å². The van der Waals surface area contributed by atoms with E-state index in [0.717, 1.165) is 16.9 Å². The van der Waals surface area contributed by atoms with E-state index in [0.29, 0.717) is 0 Å². The molecule has 1 atom stereocenters. The molecule has 1 aromatic carbocycles. The Morgan fingerprint density at radius 1 is 1.50 bits per heavy atom. The Labute approximate surface area is 92.4 Å². The number of hydrogen-bond acceptors (Lipinski definition) is 2. The van der Waals surface area contributed by atoms with Gasteiger partial charge >= 0.3 is 0 Å². The molecular weight excluding hydrogens is 244 g/mol. The Bertz CT molecular complexity index is 347. The van der Waals surface area contributed by atoms with Crippen molar-refractivity contribution in [2.75, 3.05) is 7.11 Å². The Balaban J connectivity index is 3.06. The second kappa shape index (κ2) is 4.60. The van der Waals surface area contributed by atoms with Crippen molar-refractivity contribution in [3.8, 4) is 5.75 Å². The largest absolute Gasteiger partial charge is 0.496 e. The minimum atomic E-state index is -0.239. The zero-order valence-electron chi connectivity index (χ0n) is 8.50. The molecule has 0 amide bonds. The maximum absolute atomic E-state index is 11.1. The van der Waals surface area contributed by atoms with E-state index in [2.05, 4.69) is 15.9 Å². The molecule has 1 unspecified atom stereocenters. The summed E-state index contributed by atoms with van der Waals surface area (Å²) in [7, 11) is 1.63. The third-order valence-corrected chi connectivity index (χ3v) is 3.26. The molecule has 0 spiro atoms. The van der Waals surface area contributed by atoms with E-state index < -0.39 is 0 Å². The van der Waals surface area contributed by atoms with Crippen LogP contribution in [0.1, 0.15) is 22.9 Å². The molecule has 0 aliphatic heterocycles. The van der Waals surface area contributed by atoms with E-state index >= 15 is 0 Å². The van der Waals surface area contributed by atoms with Gasteiger partial charge in [-0.1, -0.05) is 28.1 Å². The molecular formula is C11H13BrO2. The summed E-state index contributed by atoms with van der Waals surface area (Å²) in [5.74, 6) is 0.907. The van der Waals surface area contributed by atoms with Crippen LogP contribution < -0.4 is 4.74 Å². The van der Waals surface area contributed by atoms with E-state index in [1.54, 1.807) is 14.0 Å². The van der Waals surface area contributed by atoms with Gasteiger partial charge in [-0.25, -0.2) is 0 Å². The van der Waals surface area contributed by atoms with Crippen LogP contribution in [0.25, 0.3) is 0 Å². The SMILES string of the molecule is COc1cc(C(Br)C(C)=O)ccc1C. The van der Waals surface area contributed by atoms with Crippen LogP contribution in [-0.2, 0) is 4.79 Å². The van der Waals surface area contributed by atoms with Crippen molar-refractivity contribution in [3.63, 3.8) is 0 Å². The van der Waals surface area contributed by atoms with Gasteiger partial charge in [0.2, 0.25) is 0 Å². The van der Waals surface area contributed by atoms with Gasteiger partial charge in [0.25, 0.3) is 0 Å². The normalized spacial score (nSPS) is 12.3. The molecule has 14 heavy (non-hydrogen) atoms. The van der Waals surface area contributed by atoms with E-state index in [1.807, 2.05) is 25.1 Å². The molecule has 0 saturated heterocycles. The lowest BCUT2D eigenvalue weighted by atomic mass is 10.1. The first-order valence-corrected chi connectivity index (χ1v) is 5.27. The maximum Gasteiger partial charge on any atom is 0.147 e. The van der Waals surface area contributed by atoms with Crippen molar-refractivity contribution < 1.29 is 9.53 Å². The Morgan fingerprint density at radius 2 is 2.14 bits per heavy atom. The highest BCUT2D eigenvalue weighted by Crippen LogP contribution is 2.28. The average Bonchev–Trinajstić information content (AvgIpc) is 2.17. The predicted molar refractivity (Wildman–Crippen MR) is 60.1 cm³/mol. The summed E-state index contributed by atoms with van der Waals surface area (Å²) < 4.78 is 5.18. The van der Waals surface area contributed by atoms with Crippen LogP contribution in [-0.4, -0.2) is 12.9 Å². The number of alkyl halides is 1. The van der Waals surface area contributed by atoms with Gasteiger partial charge in [-0.2, -0.15) is 0 Å². The molecule has 0 bridgehead atoms. The molecule has 0 heterocycles. The van der Waals surface area contributed by atoms with E-state index in [-0.39, 0.29) is 10.6 Å². The fourth-order valence-corrected chi connectivity index (χ4v) is 1.51. The zero-order valence-corrected chi connectivity index (χ0v) is 10.1. The lowest BCUT2D eigenvalue weighted by molar-refractivity contribution is -0.116. The maximum atomic E-state index is 11.1. The molecule has 2 nitrogen and oxygen atoms in total. The van der Waals surface area contributed by atoms with Crippen LogP contribution in [0.5, 0.6) is 5.75 Å². The van der Waals surface area contributed by atoms with Crippen molar-refractivity contribution in [3.05, 3.63) is 29.3 Å². The highest BCUT2D eigenvalue weighted by molar-refractivity contribution is 9.09. The number of halogens is 1. The number of aryl methyl sites for hydroxylation is 1. The average molecular weight is 257 g/mol. The third kappa shape index (κ3) is 2.35. The smallest absolute Gasteiger partial charge is 0.147 e. The third-order valence-electron chi connectivity index (χ3n) is 2.08. The fourth-order valence-electron chi connectivity index (χ4n) is 1.23. The second-order valence-electron chi connectivity index (χ2n) is 3.20. The molecule has 1 rings (SSSR count). The van der Waals surface area contributed by atoms with E-state index in [1.165, 1.54) is 0 Å². The van der Waals surface area contributed by atoms with Gasteiger partial charge in [-0.15, -0.1) is 0 Å². The van der Waals surface area contributed by atoms with Crippen LogP contribution in [0.4, 0.5) is 0 Å². The van der Waals surface area contributed by atoms with Gasteiger partial charge in [0.15, 0.2) is 0 Å². The molecule has 0 saturated carbocycles. The number of carbonyl (C=O) groups is 1. The Kier molecular flexibility index (Phi) is 3.69. The number of ketones is 1. The summed E-state index contributed by atoms with van der Waals surface area (Å²) >= 11 is 3.33. The number of rotatable bonds is 3. The predicted octanol–water partition coefficient (Wildman–Crippen LogP) is 3.03. The Hall–Kier alpha value is -0.830. The zero-order chi connectivity index (χ0) is 10.7. The highest BCUT2D eigenvalue weighted by Gasteiger charge is 2.13. The standard InChI is InChI=1S/C11H13BrO2/c1-7-4-5-9(6-10(7)14-3)11(12)8(2)13/h4-6,11H,1-3H3. The second-order valence-corrected chi connectivity index (χ2v) is 4.12. The summed E-state index contributed by atoms with van der Waals surface area (Å²) in [4.78, 5) is 10.9. The topological polar surface area (TPSA) is 26.3 Å². The molecule has 0 aromatic heterocycles. The molecule has 3 heteroatoms. The molecule has 0 N–H and O–H groups in total. The van der Waals surface area contributed by atoms with E-state index in [9.17, 15) is 4.79 Å². The molecule has 0 aliphatic carbocycles. The van der Waals surface area contributed by atoms with Crippen molar-refractivity contribution in [2.24, 2.45) is 0 Å². The fraction of sp³-hybridized carbons (Fsp3) is 0.364. The van der Waals surface area contributed by atoms with Gasteiger partial charge in [0, 0.05) is 0 Å². The van der Waals surface area contributed by atoms with Crippen molar-refractivity contribution >= 4 is 21.7 Å². The first-order valence-electron chi connectivity index (χ1n) is 4.35. The first kappa shape index (κ1) is 11.2. The Morgan fingerprint density at radius 3 is 2.64 bits per heavy atom.